The predicted molar refractivity (Wildman–Crippen MR) is 153 cm³/mol. The zero-order chi connectivity index (χ0) is 29.5. The van der Waals surface area contributed by atoms with Gasteiger partial charge in [0.2, 0.25) is 23.1 Å². The summed E-state index contributed by atoms with van der Waals surface area (Å²) >= 11 is 0. The first-order chi connectivity index (χ1) is 20.4. The molecule has 0 spiro atoms. The maximum absolute atomic E-state index is 13.3. The summed E-state index contributed by atoms with van der Waals surface area (Å²) in [5.74, 6) is 1.53. The number of amides is 1. The number of benzene rings is 2. The zero-order valence-electron chi connectivity index (χ0n) is 23.7. The van der Waals surface area contributed by atoms with Gasteiger partial charge in [-0.15, -0.1) is 0 Å². The van der Waals surface area contributed by atoms with Crippen LogP contribution in [0.5, 0.6) is 17.2 Å². The lowest BCUT2D eigenvalue weighted by atomic mass is 9.92. The van der Waals surface area contributed by atoms with Gasteiger partial charge in [0.15, 0.2) is 17.3 Å². The maximum atomic E-state index is 13.3. The van der Waals surface area contributed by atoms with E-state index < -0.39 is 16.3 Å². The van der Waals surface area contributed by atoms with Crippen molar-refractivity contribution in [1.29, 1.82) is 0 Å². The normalized spacial score (nSPS) is 20.6. The zero-order valence-corrected chi connectivity index (χ0v) is 24.5. The number of fused-ring (bicyclic) bond motifs is 1. The number of methoxy groups -OCH3 is 1. The monoisotopic (exact) mass is 602 g/mol. The van der Waals surface area contributed by atoms with Crippen LogP contribution >= 0.6 is 0 Å². The van der Waals surface area contributed by atoms with Gasteiger partial charge >= 0.3 is 0 Å². The first-order valence-corrected chi connectivity index (χ1v) is 15.8. The van der Waals surface area contributed by atoms with Gasteiger partial charge in [-0.25, -0.2) is 8.42 Å². The van der Waals surface area contributed by atoms with E-state index in [-0.39, 0.29) is 61.6 Å². The third kappa shape index (κ3) is 7.17. The summed E-state index contributed by atoms with van der Waals surface area (Å²) in [4.78, 5) is 13.3. The summed E-state index contributed by atoms with van der Waals surface area (Å²) < 4.78 is 55.9. The molecule has 2 heterocycles. The van der Waals surface area contributed by atoms with Crippen molar-refractivity contribution in [3.8, 4) is 17.2 Å². The van der Waals surface area contributed by atoms with Crippen LogP contribution in [0.4, 0.5) is 0 Å². The standard InChI is InChI=1S/C30H38N2O9S/c1-37-24-8-10-25(11-9-24)42(35,36)32(13-15-33)14-16-38-29-19-22(21-7-12-26-27(17-21)40-20-39-26)18-28(41-29)30(34)31-23-5-3-2-4-6-23/h7-12,17-18,22-23,29,33H,2-6,13-16,19-20H2,1H3,(H,31,34)/t22-,29+/m0/s1. The van der Waals surface area contributed by atoms with E-state index in [0.29, 0.717) is 23.7 Å². The Morgan fingerprint density at radius 3 is 2.55 bits per heavy atom. The third-order valence-corrected chi connectivity index (χ3v) is 9.65. The summed E-state index contributed by atoms with van der Waals surface area (Å²) in [6.45, 7) is -0.317. The smallest absolute Gasteiger partial charge is 0.286 e. The van der Waals surface area contributed by atoms with Gasteiger partial charge in [0.05, 0.1) is 25.2 Å². The van der Waals surface area contributed by atoms with Crippen LogP contribution in [0, 0.1) is 0 Å². The Morgan fingerprint density at radius 1 is 1.05 bits per heavy atom. The van der Waals surface area contributed by atoms with Crippen molar-refractivity contribution in [3.05, 3.63) is 59.9 Å². The molecule has 1 fully saturated rings. The number of hydrogen-bond acceptors (Lipinski definition) is 9. The fraction of sp³-hybridized carbons (Fsp3) is 0.500. The minimum atomic E-state index is -3.90. The number of rotatable bonds is 12. The van der Waals surface area contributed by atoms with E-state index in [4.69, 9.17) is 23.7 Å². The minimum Gasteiger partial charge on any atom is -0.497 e. The SMILES string of the molecule is COc1ccc(S(=O)(=O)N(CCO)CCO[C@H]2C[C@@H](c3ccc4c(c3)OCO4)C=C(C(=O)NC3CCCCC3)O2)cc1. The van der Waals surface area contributed by atoms with Crippen LogP contribution in [0.3, 0.4) is 0 Å². The number of allylic oxidation sites excluding steroid dienone is 1. The van der Waals surface area contributed by atoms with Gasteiger partial charge in [-0.1, -0.05) is 25.3 Å². The average molecular weight is 603 g/mol. The number of hydrogen-bond donors (Lipinski definition) is 2. The molecule has 0 unspecified atom stereocenters. The molecule has 12 heteroatoms. The van der Waals surface area contributed by atoms with E-state index in [1.165, 1.54) is 30.0 Å². The molecule has 2 atom stereocenters. The topological polar surface area (TPSA) is 133 Å². The Kier molecular flexibility index (Phi) is 9.88. The Bertz CT molecular complexity index is 1360. The summed E-state index contributed by atoms with van der Waals surface area (Å²) in [6.07, 6.45) is 6.64. The van der Waals surface area contributed by atoms with Crippen LogP contribution in [-0.4, -0.2) is 76.3 Å². The summed E-state index contributed by atoms with van der Waals surface area (Å²) in [5, 5.41) is 12.7. The molecule has 2 aliphatic heterocycles. The van der Waals surface area contributed by atoms with E-state index in [1.807, 2.05) is 24.3 Å². The highest BCUT2D eigenvalue weighted by atomic mass is 32.2. The molecule has 0 bridgehead atoms. The summed E-state index contributed by atoms with van der Waals surface area (Å²) in [5.41, 5.74) is 0.920. The van der Waals surface area contributed by atoms with Crippen LogP contribution in [-0.2, 0) is 24.3 Å². The third-order valence-electron chi connectivity index (χ3n) is 7.74. The van der Waals surface area contributed by atoms with E-state index in [0.717, 1.165) is 31.2 Å². The molecule has 0 radical (unpaired) electrons. The molecule has 42 heavy (non-hydrogen) atoms. The fourth-order valence-electron chi connectivity index (χ4n) is 5.44. The van der Waals surface area contributed by atoms with Crippen LogP contribution in [0.15, 0.2) is 59.2 Å². The van der Waals surface area contributed by atoms with Crippen LogP contribution in [0.2, 0.25) is 0 Å². The predicted octanol–water partition coefficient (Wildman–Crippen LogP) is 3.29. The molecule has 1 amide bonds. The van der Waals surface area contributed by atoms with Gasteiger partial charge < -0.3 is 34.1 Å². The van der Waals surface area contributed by atoms with Gasteiger partial charge in [0, 0.05) is 31.5 Å². The molecule has 5 rings (SSSR count). The Labute approximate surface area is 246 Å². The van der Waals surface area contributed by atoms with Gasteiger partial charge in [0.1, 0.15) is 5.75 Å². The second-order valence-electron chi connectivity index (χ2n) is 10.5. The van der Waals surface area contributed by atoms with Gasteiger partial charge in [-0.2, -0.15) is 4.31 Å². The lowest BCUT2D eigenvalue weighted by Gasteiger charge is -2.31. The molecule has 0 saturated heterocycles. The van der Waals surface area contributed by atoms with Crippen LogP contribution in [0.1, 0.15) is 50.0 Å². The largest absolute Gasteiger partial charge is 0.497 e. The number of carbonyl (C=O) groups excluding carboxylic acids is 1. The number of nitrogens with zero attached hydrogens (tertiary/aromatic N) is 1. The second kappa shape index (κ2) is 13.8. The molecule has 11 nitrogen and oxygen atoms in total. The van der Waals surface area contributed by atoms with E-state index in [1.54, 1.807) is 12.1 Å². The Balaban J connectivity index is 1.28. The molecule has 0 aromatic heterocycles. The number of ether oxygens (including phenoxy) is 5. The number of sulfonamides is 1. The Hall–Kier alpha value is -3.32. The highest BCUT2D eigenvalue weighted by molar-refractivity contribution is 7.89. The van der Waals surface area contributed by atoms with E-state index in [2.05, 4.69) is 5.32 Å². The molecule has 2 aromatic carbocycles. The van der Waals surface area contributed by atoms with Crippen LogP contribution in [0.25, 0.3) is 0 Å². The Morgan fingerprint density at radius 2 is 1.81 bits per heavy atom. The van der Waals surface area contributed by atoms with Crippen molar-refractivity contribution in [2.24, 2.45) is 0 Å². The van der Waals surface area contributed by atoms with Crippen molar-refractivity contribution in [2.75, 3.05) is 40.2 Å². The molecular weight excluding hydrogens is 564 g/mol. The number of carbonyl (C=O) groups is 1. The molecular formula is C30H38N2O9S. The average Bonchev–Trinajstić information content (AvgIpc) is 3.49. The van der Waals surface area contributed by atoms with Gasteiger partial charge in [0.25, 0.3) is 5.91 Å². The number of nitrogens with one attached hydrogen (secondary N) is 1. The quantitative estimate of drug-likeness (QED) is 0.376. The number of aliphatic hydroxyl groups is 1. The van der Waals surface area contributed by atoms with Gasteiger partial charge in [-0.3, -0.25) is 4.79 Å². The molecule has 1 saturated carbocycles. The highest BCUT2D eigenvalue weighted by Crippen LogP contribution is 2.38. The number of aliphatic hydroxyl groups excluding tert-OH is 1. The van der Waals surface area contributed by atoms with Crippen LogP contribution < -0.4 is 19.5 Å². The molecule has 3 aliphatic rings. The van der Waals surface area contributed by atoms with Crippen molar-refractivity contribution in [3.63, 3.8) is 0 Å². The van der Waals surface area contributed by atoms with E-state index >= 15 is 0 Å². The van der Waals surface area contributed by atoms with Crippen molar-refractivity contribution < 1.29 is 42.0 Å². The first-order valence-electron chi connectivity index (χ1n) is 14.3. The van der Waals surface area contributed by atoms with Crippen molar-refractivity contribution in [2.45, 2.75) is 61.7 Å². The van der Waals surface area contributed by atoms with E-state index in [9.17, 15) is 18.3 Å². The molecule has 228 valence electrons. The lowest BCUT2D eigenvalue weighted by Crippen LogP contribution is -2.40. The molecule has 2 aromatic rings. The lowest BCUT2D eigenvalue weighted by molar-refractivity contribution is -0.147. The summed E-state index contributed by atoms with van der Waals surface area (Å²) in [6, 6.07) is 11.8. The molecule has 2 N–H and O–H groups in total. The fourth-order valence-corrected chi connectivity index (χ4v) is 6.86. The van der Waals surface area contributed by atoms with Crippen molar-refractivity contribution in [1.82, 2.24) is 9.62 Å². The van der Waals surface area contributed by atoms with Gasteiger partial charge in [-0.05, 0) is 60.9 Å². The maximum Gasteiger partial charge on any atom is 0.286 e. The minimum absolute atomic E-state index is 0.00850. The van der Waals surface area contributed by atoms with Crippen molar-refractivity contribution >= 4 is 15.9 Å². The first kappa shape index (κ1) is 30.1. The summed E-state index contributed by atoms with van der Waals surface area (Å²) in [7, 11) is -2.39. The molecule has 1 aliphatic carbocycles. The second-order valence-corrected chi connectivity index (χ2v) is 12.5. The highest BCUT2D eigenvalue weighted by Gasteiger charge is 2.32.